The first kappa shape index (κ1) is 16.3. The van der Waals surface area contributed by atoms with Gasteiger partial charge in [0.25, 0.3) is 11.8 Å². The van der Waals surface area contributed by atoms with E-state index in [1.165, 1.54) is 0 Å². The van der Waals surface area contributed by atoms with Crippen molar-refractivity contribution in [3.05, 3.63) is 17.5 Å². The fraction of sp³-hybridized carbons (Fsp3) is 0.733. The number of carbonyl (C=O) groups excluding carboxylic acids is 1. The van der Waals surface area contributed by atoms with Gasteiger partial charge >= 0.3 is 0 Å². The summed E-state index contributed by atoms with van der Waals surface area (Å²) < 4.78 is 32.5. The number of hydrogen-bond donors (Lipinski definition) is 0. The van der Waals surface area contributed by atoms with E-state index in [2.05, 4.69) is 5.16 Å². The number of amides is 1. The van der Waals surface area contributed by atoms with E-state index in [4.69, 9.17) is 4.52 Å². The van der Waals surface area contributed by atoms with Crippen LogP contribution in [-0.2, 0) is 0 Å². The van der Waals surface area contributed by atoms with E-state index in [0.29, 0.717) is 25.3 Å². The first-order chi connectivity index (χ1) is 10.7. The van der Waals surface area contributed by atoms with Crippen LogP contribution in [0, 0.1) is 6.92 Å². The van der Waals surface area contributed by atoms with Gasteiger partial charge in [-0.3, -0.25) is 9.69 Å². The molecule has 2 fully saturated rings. The number of carbonyl (C=O) groups is 1. The zero-order valence-corrected chi connectivity index (χ0v) is 13.6. The third-order valence-corrected chi connectivity index (χ3v) is 4.45. The molecule has 2 aliphatic heterocycles. The van der Waals surface area contributed by atoms with Crippen molar-refractivity contribution >= 4 is 5.91 Å². The van der Waals surface area contributed by atoms with Gasteiger partial charge in [-0.05, 0) is 21.0 Å². The molecule has 0 saturated carbocycles. The lowest BCUT2D eigenvalue weighted by molar-refractivity contribution is -0.0123. The Morgan fingerprint density at radius 3 is 2.74 bits per heavy atom. The Morgan fingerprint density at radius 2 is 2.17 bits per heavy atom. The van der Waals surface area contributed by atoms with Crippen molar-refractivity contribution in [1.29, 1.82) is 0 Å². The predicted octanol–water partition coefficient (Wildman–Crippen LogP) is 1.08. The normalized spacial score (nSPS) is 25.1. The molecule has 1 atom stereocenters. The molecule has 2 aliphatic rings. The minimum absolute atomic E-state index is 0.0127. The molecule has 1 aromatic heterocycles. The molecule has 3 heterocycles. The average Bonchev–Trinajstić information content (AvgIpc) is 2.91. The zero-order valence-electron chi connectivity index (χ0n) is 13.6. The number of aromatic nitrogens is 1. The van der Waals surface area contributed by atoms with Crippen LogP contribution >= 0.6 is 0 Å². The number of halogens is 2. The van der Waals surface area contributed by atoms with E-state index in [-0.39, 0.29) is 36.7 Å². The Hall–Kier alpha value is -1.54. The summed E-state index contributed by atoms with van der Waals surface area (Å²) in [5.74, 6) is -2.66. The molecule has 2 saturated heterocycles. The summed E-state index contributed by atoms with van der Waals surface area (Å²) in [6.45, 7) is 3.04. The van der Waals surface area contributed by atoms with Crippen molar-refractivity contribution < 1.29 is 18.1 Å². The Kier molecular flexibility index (Phi) is 4.14. The van der Waals surface area contributed by atoms with Crippen LogP contribution < -0.4 is 0 Å². The van der Waals surface area contributed by atoms with Gasteiger partial charge in [0, 0.05) is 44.2 Å². The maximum atomic E-state index is 13.8. The van der Waals surface area contributed by atoms with Crippen LogP contribution in [0.4, 0.5) is 8.78 Å². The highest BCUT2D eigenvalue weighted by Gasteiger charge is 2.50. The second-order valence-corrected chi connectivity index (χ2v) is 6.84. The van der Waals surface area contributed by atoms with Crippen LogP contribution in [0.25, 0.3) is 0 Å². The molecule has 3 rings (SSSR count). The van der Waals surface area contributed by atoms with Gasteiger partial charge in [-0.1, -0.05) is 5.16 Å². The molecule has 0 aromatic carbocycles. The molecule has 8 heteroatoms. The Bertz CT molecular complexity index is 584. The molecule has 0 radical (unpaired) electrons. The molecule has 6 nitrogen and oxygen atoms in total. The van der Waals surface area contributed by atoms with Crippen LogP contribution in [0.15, 0.2) is 10.6 Å². The molecule has 0 spiro atoms. The van der Waals surface area contributed by atoms with Crippen LogP contribution in [0.3, 0.4) is 0 Å². The molecule has 0 aliphatic carbocycles. The number of hydrogen-bond acceptors (Lipinski definition) is 5. The molecule has 23 heavy (non-hydrogen) atoms. The van der Waals surface area contributed by atoms with E-state index < -0.39 is 5.92 Å². The quantitative estimate of drug-likeness (QED) is 0.828. The largest absolute Gasteiger partial charge is 0.351 e. The summed E-state index contributed by atoms with van der Waals surface area (Å²) in [6.07, 6.45) is -0.114. The number of alkyl halides is 2. The fourth-order valence-electron chi connectivity index (χ4n) is 3.39. The Labute approximate surface area is 134 Å². The first-order valence-electron chi connectivity index (χ1n) is 7.76. The molecule has 0 N–H and O–H groups in total. The fourth-order valence-corrected chi connectivity index (χ4v) is 3.39. The minimum atomic E-state index is -2.65. The smallest absolute Gasteiger partial charge is 0.292 e. The van der Waals surface area contributed by atoms with Crippen molar-refractivity contribution in [1.82, 2.24) is 19.9 Å². The average molecular weight is 328 g/mol. The van der Waals surface area contributed by atoms with Crippen LogP contribution in [0.5, 0.6) is 0 Å². The predicted molar refractivity (Wildman–Crippen MR) is 79.5 cm³/mol. The summed E-state index contributed by atoms with van der Waals surface area (Å²) in [4.78, 5) is 17.6. The molecule has 0 bridgehead atoms. The third-order valence-electron chi connectivity index (χ3n) is 4.45. The topological polar surface area (TPSA) is 52.8 Å². The highest BCUT2D eigenvalue weighted by atomic mass is 19.3. The number of aryl methyl sites for hydroxylation is 1. The molecule has 0 unspecified atom stereocenters. The second kappa shape index (κ2) is 5.83. The summed E-state index contributed by atoms with van der Waals surface area (Å²) >= 11 is 0. The number of likely N-dealkylation sites (N-methyl/N-ethyl adjacent to an activating group) is 1. The summed E-state index contributed by atoms with van der Waals surface area (Å²) in [5.41, 5.74) is 0.649. The molecular weight excluding hydrogens is 306 g/mol. The van der Waals surface area contributed by atoms with Crippen molar-refractivity contribution in [3.8, 4) is 0 Å². The van der Waals surface area contributed by atoms with Gasteiger partial charge in [-0.15, -0.1) is 0 Å². The van der Waals surface area contributed by atoms with Gasteiger partial charge < -0.3 is 14.3 Å². The van der Waals surface area contributed by atoms with Crippen LogP contribution in [0.2, 0.25) is 0 Å². The van der Waals surface area contributed by atoms with Gasteiger partial charge in [-0.2, -0.15) is 0 Å². The highest BCUT2D eigenvalue weighted by Crippen LogP contribution is 2.35. The summed E-state index contributed by atoms with van der Waals surface area (Å²) in [5, 5.41) is 3.70. The minimum Gasteiger partial charge on any atom is -0.351 e. The number of rotatable bonds is 4. The van der Waals surface area contributed by atoms with Gasteiger partial charge in [0.1, 0.15) is 0 Å². The van der Waals surface area contributed by atoms with Gasteiger partial charge in [0.15, 0.2) is 0 Å². The maximum absolute atomic E-state index is 13.8. The van der Waals surface area contributed by atoms with E-state index >= 15 is 0 Å². The Morgan fingerprint density at radius 1 is 1.48 bits per heavy atom. The van der Waals surface area contributed by atoms with Crippen molar-refractivity contribution in [2.75, 3.05) is 40.3 Å². The summed E-state index contributed by atoms with van der Waals surface area (Å²) in [7, 11) is 3.77. The second-order valence-electron chi connectivity index (χ2n) is 6.84. The lowest BCUT2D eigenvalue weighted by Gasteiger charge is -2.45. The van der Waals surface area contributed by atoms with E-state index in [1.54, 1.807) is 17.9 Å². The maximum Gasteiger partial charge on any atom is 0.292 e. The van der Waals surface area contributed by atoms with E-state index in [1.807, 2.05) is 23.9 Å². The summed E-state index contributed by atoms with van der Waals surface area (Å²) in [6, 6.07) is 1.41. The van der Waals surface area contributed by atoms with Crippen molar-refractivity contribution in [2.24, 2.45) is 0 Å². The first-order valence-corrected chi connectivity index (χ1v) is 7.76. The zero-order chi connectivity index (χ0) is 16.8. The van der Waals surface area contributed by atoms with Crippen molar-refractivity contribution in [3.63, 3.8) is 0 Å². The van der Waals surface area contributed by atoms with Crippen LogP contribution in [-0.4, -0.2) is 84.0 Å². The van der Waals surface area contributed by atoms with Gasteiger partial charge in [0.05, 0.1) is 12.2 Å². The van der Waals surface area contributed by atoms with E-state index in [0.717, 1.165) is 0 Å². The van der Waals surface area contributed by atoms with E-state index in [9.17, 15) is 13.6 Å². The molecule has 1 aromatic rings. The highest BCUT2D eigenvalue weighted by molar-refractivity contribution is 5.92. The van der Waals surface area contributed by atoms with Crippen LogP contribution in [0.1, 0.15) is 22.7 Å². The monoisotopic (exact) mass is 328 g/mol. The molecule has 128 valence electrons. The van der Waals surface area contributed by atoms with Gasteiger partial charge in [-0.25, -0.2) is 8.78 Å². The third kappa shape index (κ3) is 3.37. The number of nitrogens with zero attached hydrogens (tertiary/aromatic N) is 4. The van der Waals surface area contributed by atoms with Crippen molar-refractivity contribution in [2.45, 2.75) is 31.4 Å². The number of likely N-dealkylation sites (tertiary alicyclic amines) is 2. The lowest BCUT2D eigenvalue weighted by atomic mass is 10.0. The lowest BCUT2D eigenvalue weighted by Crippen LogP contribution is -2.63. The Balaban J connectivity index is 1.60. The standard InChI is InChI=1S/C15H22F2N4O2/c1-10-4-13(23-18-10)14(22)20-7-12(8-20)21-9-15(16,17)5-11(21)6-19(2)3/h4,11-12H,5-9H2,1-3H3/t11-/m0/s1. The SMILES string of the molecule is Cc1cc(C(=O)N2CC(N3CC(F)(F)C[C@H]3CN(C)C)C2)on1. The molecular formula is C15H22F2N4O2. The molecule has 1 amide bonds. The van der Waals surface area contributed by atoms with Gasteiger partial charge in [0.2, 0.25) is 5.76 Å².